The Morgan fingerprint density at radius 1 is 0.865 bits per heavy atom. The van der Waals surface area contributed by atoms with Crippen molar-refractivity contribution >= 4 is 40.8 Å². The Morgan fingerprint density at radius 2 is 1.35 bits per heavy atom. The van der Waals surface area contributed by atoms with E-state index in [4.69, 9.17) is 5.73 Å². The zero-order chi connectivity index (χ0) is 25.6. The van der Waals surface area contributed by atoms with E-state index in [1.807, 2.05) is 24.5 Å². The minimum Gasteiger partial charge on any atom is -0.437 e. The molecule has 2 saturated heterocycles. The molecular weight excluding hydrogens is 467 g/mol. The standard InChI is InChI=1S/C13H20BN5O.C12H17N5/c1-14(20)18-8-10-3-6-19(7-4-10)13-11-2-5-15-12(11)16-9-17-13;13-7-9-2-5-17(6-3-9)12-10-1-4-14-11(10)15-8-16-12/h2,5,9-10,18,20H,3-4,6-8H2,1H3,(H,15,16,17);1,4,8-9H,2-3,5-7,13H2,(H,14,15,16). The van der Waals surface area contributed by atoms with E-state index in [2.05, 4.69) is 44.9 Å². The van der Waals surface area contributed by atoms with Crippen LogP contribution in [0.25, 0.3) is 22.1 Å². The fourth-order valence-corrected chi connectivity index (χ4v) is 5.29. The van der Waals surface area contributed by atoms with Crippen LogP contribution in [-0.2, 0) is 0 Å². The predicted octanol–water partition coefficient (Wildman–Crippen LogP) is 2.01. The van der Waals surface area contributed by atoms with Gasteiger partial charge < -0.3 is 35.8 Å². The van der Waals surface area contributed by atoms with Crippen LogP contribution in [0.5, 0.6) is 0 Å². The molecule has 37 heavy (non-hydrogen) atoms. The highest BCUT2D eigenvalue weighted by atomic mass is 16.2. The lowest BCUT2D eigenvalue weighted by molar-refractivity contribution is 0.395. The highest BCUT2D eigenvalue weighted by molar-refractivity contribution is 6.45. The number of nitrogens with one attached hydrogen (secondary N) is 3. The molecule has 0 aliphatic carbocycles. The number of nitrogens with zero attached hydrogens (tertiary/aromatic N) is 6. The molecule has 0 saturated carbocycles. The highest BCUT2D eigenvalue weighted by Crippen LogP contribution is 2.27. The van der Waals surface area contributed by atoms with E-state index in [0.29, 0.717) is 11.8 Å². The van der Waals surface area contributed by atoms with Crippen molar-refractivity contribution in [1.82, 2.24) is 35.1 Å². The van der Waals surface area contributed by atoms with E-state index in [1.54, 1.807) is 19.5 Å². The maximum Gasteiger partial charge on any atom is 0.373 e. The first-order chi connectivity index (χ1) is 18.1. The second-order valence-corrected chi connectivity index (χ2v) is 10.1. The van der Waals surface area contributed by atoms with Gasteiger partial charge >= 0.3 is 7.05 Å². The van der Waals surface area contributed by atoms with E-state index < -0.39 is 7.05 Å². The van der Waals surface area contributed by atoms with Crippen LogP contribution in [0.4, 0.5) is 11.6 Å². The van der Waals surface area contributed by atoms with Crippen molar-refractivity contribution in [2.75, 3.05) is 49.1 Å². The van der Waals surface area contributed by atoms with Crippen LogP contribution < -0.4 is 20.8 Å². The minimum absolute atomic E-state index is 0.422. The lowest BCUT2D eigenvalue weighted by Crippen LogP contribution is -2.41. The number of piperidine rings is 2. The number of nitrogens with two attached hydrogens (primary N) is 1. The summed E-state index contributed by atoms with van der Waals surface area (Å²) in [6, 6.07) is 4.07. The first-order valence-electron chi connectivity index (χ1n) is 13.3. The smallest absolute Gasteiger partial charge is 0.373 e. The summed E-state index contributed by atoms with van der Waals surface area (Å²) >= 11 is 0. The van der Waals surface area contributed by atoms with Gasteiger partial charge in [0.05, 0.1) is 10.8 Å². The van der Waals surface area contributed by atoms with Crippen molar-refractivity contribution in [3.05, 3.63) is 37.2 Å². The SMILES string of the molecule is CB(O)NCC1CCN(c2ncnc3[nH]ccc23)CC1.NCC1CCN(c2ncnc3[nH]ccc23)CC1. The number of hydrogen-bond donors (Lipinski definition) is 5. The molecule has 196 valence electrons. The largest absolute Gasteiger partial charge is 0.437 e. The van der Waals surface area contributed by atoms with Gasteiger partial charge in [-0.1, -0.05) is 0 Å². The summed E-state index contributed by atoms with van der Waals surface area (Å²) in [5.74, 6) is 3.38. The van der Waals surface area contributed by atoms with Gasteiger partial charge in [-0.25, -0.2) is 19.9 Å². The molecule has 0 spiro atoms. The summed E-state index contributed by atoms with van der Waals surface area (Å²) in [5, 5.41) is 14.6. The van der Waals surface area contributed by atoms with Crippen LogP contribution in [0.2, 0.25) is 6.82 Å². The Bertz CT molecular complexity index is 1260. The summed E-state index contributed by atoms with van der Waals surface area (Å²) in [4.78, 5) is 28.2. The van der Waals surface area contributed by atoms with Crippen LogP contribution in [-0.4, -0.2) is 81.2 Å². The van der Waals surface area contributed by atoms with Gasteiger partial charge in [-0.05, 0) is 69.6 Å². The number of fused-ring (bicyclic) bond motifs is 2. The van der Waals surface area contributed by atoms with E-state index in [1.165, 1.54) is 0 Å². The molecule has 0 radical (unpaired) electrons. The molecule has 0 bridgehead atoms. The van der Waals surface area contributed by atoms with Crippen LogP contribution in [0.3, 0.4) is 0 Å². The van der Waals surface area contributed by atoms with Gasteiger partial charge in [-0.2, -0.15) is 0 Å². The van der Waals surface area contributed by atoms with Crippen LogP contribution in [0.1, 0.15) is 25.7 Å². The first kappa shape index (κ1) is 25.4. The summed E-state index contributed by atoms with van der Waals surface area (Å²) < 4.78 is 0. The molecule has 4 aromatic heterocycles. The molecular formula is C25H37BN10O. The van der Waals surface area contributed by atoms with Crippen molar-refractivity contribution < 1.29 is 5.02 Å². The third kappa shape index (κ3) is 6.03. The Labute approximate surface area is 217 Å². The Kier molecular flexibility index (Phi) is 8.17. The van der Waals surface area contributed by atoms with E-state index >= 15 is 0 Å². The van der Waals surface area contributed by atoms with Gasteiger partial charge in [-0.3, -0.25) is 0 Å². The zero-order valence-corrected chi connectivity index (χ0v) is 21.5. The Balaban J connectivity index is 0.000000153. The topological polar surface area (TPSA) is 148 Å². The second-order valence-electron chi connectivity index (χ2n) is 10.1. The predicted molar refractivity (Wildman–Crippen MR) is 149 cm³/mol. The molecule has 2 fully saturated rings. The molecule has 6 N–H and O–H groups in total. The number of hydrogen-bond acceptors (Lipinski definition) is 9. The molecule has 2 aliphatic heterocycles. The van der Waals surface area contributed by atoms with Crippen LogP contribution in [0, 0.1) is 11.8 Å². The van der Waals surface area contributed by atoms with Crippen molar-refractivity contribution in [3.8, 4) is 0 Å². The Hall–Kier alpha value is -3.22. The lowest BCUT2D eigenvalue weighted by Gasteiger charge is -2.33. The van der Waals surface area contributed by atoms with Crippen molar-refractivity contribution in [2.24, 2.45) is 17.6 Å². The summed E-state index contributed by atoms with van der Waals surface area (Å²) in [6.07, 6.45) is 11.6. The molecule has 0 aromatic carbocycles. The van der Waals surface area contributed by atoms with E-state index in [-0.39, 0.29) is 0 Å². The fourth-order valence-electron chi connectivity index (χ4n) is 5.29. The Morgan fingerprint density at radius 3 is 1.81 bits per heavy atom. The van der Waals surface area contributed by atoms with Crippen molar-refractivity contribution in [3.63, 3.8) is 0 Å². The molecule has 12 heteroatoms. The first-order valence-corrected chi connectivity index (χ1v) is 13.3. The number of H-pyrrole nitrogens is 2. The molecule has 6 rings (SSSR count). The van der Waals surface area contributed by atoms with Gasteiger partial charge in [0, 0.05) is 38.6 Å². The third-order valence-corrected chi connectivity index (χ3v) is 7.53. The third-order valence-electron chi connectivity index (χ3n) is 7.53. The van der Waals surface area contributed by atoms with E-state index in [0.717, 1.165) is 98.7 Å². The fraction of sp³-hybridized carbons (Fsp3) is 0.520. The number of anilines is 2. The number of aromatic nitrogens is 6. The molecule has 0 amide bonds. The molecule has 6 heterocycles. The maximum absolute atomic E-state index is 9.27. The molecule has 0 unspecified atom stereocenters. The van der Waals surface area contributed by atoms with Crippen LogP contribution >= 0.6 is 0 Å². The molecule has 4 aromatic rings. The average Bonchev–Trinajstić information content (AvgIpc) is 3.62. The monoisotopic (exact) mass is 504 g/mol. The summed E-state index contributed by atoms with van der Waals surface area (Å²) in [6.45, 7) is 7.54. The number of rotatable bonds is 6. The lowest BCUT2D eigenvalue weighted by atomic mass is 9.86. The van der Waals surface area contributed by atoms with E-state index in [9.17, 15) is 5.02 Å². The normalized spacial score (nSPS) is 17.3. The van der Waals surface area contributed by atoms with Gasteiger partial charge in [-0.15, -0.1) is 0 Å². The minimum atomic E-state index is -0.422. The van der Waals surface area contributed by atoms with Crippen LogP contribution in [0.15, 0.2) is 37.2 Å². The second kappa shape index (κ2) is 11.9. The molecule has 11 nitrogen and oxygen atoms in total. The molecule has 2 aliphatic rings. The van der Waals surface area contributed by atoms with Gasteiger partial charge in [0.1, 0.15) is 35.6 Å². The molecule has 0 atom stereocenters. The summed E-state index contributed by atoms with van der Waals surface area (Å²) in [7, 11) is -0.422. The average molecular weight is 504 g/mol. The highest BCUT2D eigenvalue weighted by Gasteiger charge is 2.23. The van der Waals surface area contributed by atoms with Gasteiger partial charge in [0.25, 0.3) is 0 Å². The van der Waals surface area contributed by atoms with Crippen molar-refractivity contribution in [1.29, 1.82) is 0 Å². The van der Waals surface area contributed by atoms with Gasteiger partial charge in [0.15, 0.2) is 0 Å². The quantitative estimate of drug-likeness (QED) is 0.249. The number of aromatic amines is 2. The van der Waals surface area contributed by atoms with Crippen molar-refractivity contribution in [2.45, 2.75) is 32.5 Å². The zero-order valence-electron chi connectivity index (χ0n) is 21.5. The summed E-state index contributed by atoms with van der Waals surface area (Å²) in [5.41, 5.74) is 7.52. The van der Waals surface area contributed by atoms with Gasteiger partial charge in [0.2, 0.25) is 0 Å². The maximum atomic E-state index is 9.27.